The van der Waals surface area contributed by atoms with Crippen molar-refractivity contribution in [3.05, 3.63) is 77.5 Å². The molecular weight excluding hydrogens is 505 g/mol. The van der Waals surface area contributed by atoms with Crippen LogP contribution in [0.1, 0.15) is 23.6 Å². The molecule has 0 spiro atoms. The summed E-state index contributed by atoms with van der Waals surface area (Å²) in [4.78, 5) is 0.282. The van der Waals surface area contributed by atoms with Crippen molar-refractivity contribution >= 4 is 26.6 Å². The van der Waals surface area contributed by atoms with Gasteiger partial charge < -0.3 is 10.1 Å². The number of fused-ring (bicyclic) bond motifs is 1. The minimum absolute atomic E-state index is 0.282. The quantitative estimate of drug-likeness (QED) is 0.307. The fourth-order valence-corrected chi connectivity index (χ4v) is 6.14. The first-order chi connectivity index (χ1) is 17.3. The number of benzene rings is 3. The molecule has 1 unspecified atom stereocenters. The summed E-state index contributed by atoms with van der Waals surface area (Å²) in [5.41, 5.74) is 4.14. The summed E-state index contributed by atoms with van der Waals surface area (Å²) in [6, 6.07) is 14.2. The van der Waals surface area contributed by atoms with Crippen LogP contribution >= 0.6 is 0 Å². The van der Waals surface area contributed by atoms with Crippen molar-refractivity contribution in [1.29, 1.82) is 0 Å². The van der Waals surface area contributed by atoms with Crippen LogP contribution in [0.2, 0.25) is 0 Å². The Labute approximate surface area is 213 Å². The second-order valence-electron chi connectivity index (χ2n) is 8.97. The van der Waals surface area contributed by atoms with Gasteiger partial charge in [0, 0.05) is 29.7 Å². The number of anilines is 1. The molecule has 0 aliphatic rings. The molecule has 4 aromatic rings. The summed E-state index contributed by atoms with van der Waals surface area (Å²) >= 11 is 0. The van der Waals surface area contributed by atoms with Crippen LogP contribution in [-0.4, -0.2) is 37.1 Å². The number of aromatic nitrogens is 2. The Kier molecular flexibility index (Phi) is 7.20. The number of halogens is 3. The second kappa shape index (κ2) is 10.1. The van der Waals surface area contributed by atoms with Gasteiger partial charge in [-0.3, -0.25) is 0 Å². The van der Waals surface area contributed by atoms with Crippen LogP contribution in [0.3, 0.4) is 0 Å². The minimum atomic E-state index is -4.79. The number of alkyl halides is 3. The number of ether oxygens (including phenoxy) is 1. The molecule has 0 saturated carbocycles. The van der Waals surface area contributed by atoms with Crippen molar-refractivity contribution in [1.82, 2.24) is 14.5 Å². The number of rotatable bonds is 8. The van der Waals surface area contributed by atoms with Crippen molar-refractivity contribution in [3.8, 4) is 11.4 Å². The predicted octanol–water partition coefficient (Wildman–Crippen LogP) is 5.63. The molecular formula is C26H27F3N4O3S. The molecule has 37 heavy (non-hydrogen) atoms. The van der Waals surface area contributed by atoms with Crippen molar-refractivity contribution in [2.75, 3.05) is 11.9 Å². The van der Waals surface area contributed by atoms with E-state index >= 15 is 0 Å². The fourth-order valence-electron chi connectivity index (χ4n) is 4.44. The van der Waals surface area contributed by atoms with Gasteiger partial charge in [-0.1, -0.05) is 29.8 Å². The maximum atomic E-state index is 13.1. The molecule has 0 saturated heterocycles. The molecule has 196 valence electrons. The summed E-state index contributed by atoms with van der Waals surface area (Å²) in [6.07, 6.45) is -3.19. The first-order valence-corrected chi connectivity index (χ1v) is 13.0. The van der Waals surface area contributed by atoms with Crippen LogP contribution < -0.4 is 14.8 Å². The van der Waals surface area contributed by atoms with E-state index in [1.54, 1.807) is 45.2 Å². The van der Waals surface area contributed by atoms with Gasteiger partial charge in [0.2, 0.25) is 10.0 Å². The van der Waals surface area contributed by atoms with Crippen molar-refractivity contribution in [3.63, 3.8) is 0 Å². The number of aryl methyl sites for hydroxylation is 3. The van der Waals surface area contributed by atoms with Gasteiger partial charge in [0.15, 0.2) is 0 Å². The van der Waals surface area contributed by atoms with Gasteiger partial charge in [-0.2, -0.15) is 5.10 Å². The number of nitrogens with zero attached hydrogens (tertiary/aromatic N) is 2. The average Bonchev–Trinajstić information content (AvgIpc) is 3.20. The average molecular weight is 533 g/mol. The molecule has 0 radical (unpaired) electrons. The van der Waals surface area contributed by atoms with E-state index in [1.165, 1.54) is 22.9 Å². The second-order valence-corrected chi connectivity index (χ2v) is 10.6. The van der Waals surface area contributed by atoms with Crippen LogP contribution in [0.15, 0.2) is 65.7 Å². The molecule has 0 fully saturated rings. The summed E-state index contributed by atoms with van der Waals surface area (Å²) in [6.45, 7) is 7.54. The van der Waals surface area contributed by atoms with Gasteiger partial charge in [-0.15, -0.1) is 13.2 Å². The Balaban J connectivity index is 1.52. The topological polar surface area (TPSA) is 85.3 Å². The summed E-state index contributed by atoms with van der Waals surface area (Å²) in [7, 11) is -3.73. The third kappa shape index (κ3) is 6.05. The monoisotopic (exact) mass is 532 g/mol. The van der Waals surface area contributed by atoms with E-state index in [0.29, 0.717) is 34.6 Å². The van der Waals surface area contributed by atoms with E-state index in [2.05, 4.69) is 19.9 Å². The molecule has 1 aromatic heterocycles. The SMILES string of the molecule is Cc1cc(C)c(S(=O)(=O)NC(C)CNc2cccc3c2cnn3-c2cccc(OC(F)(F)F)c2)c(C)c1. The summed E-state index contributed by atoms with van der Waals surface area (Å²) in [5.74, 6) is -0.344. The number of hydrogen-bond donors (Lipinski definition) is 2. The van der Waals surface area contributed by atoms with E-state index in [9.17, 15) is 21.6 Å². The molecule has 4 rings (SSSR count). The zero-order valence-corrected chi connectivity index (χ0v) is 21.5. The molecule has 0 bridgehead atoms. The lowest BCUT2D eigenvalue weighted by Gasteiger charge is -2.18. The highest BCUT2D eigenvalue weighted by atomic mass is 32.2. The van der Waals surface area contributed by atoms with Gasteiger partial charge in [-0.25, -0.2) is 17.8 Å². The van der Waals surface area contributed by atoms with E-state index in [0.717, 1.165) is 10.9 Å². The summed E-state index contributed by atoms with van der Waals surface area (Å²) < 4.78 is 72.3. The van der Waals surface area contributed by atoms with Gasteiger partial charge in [0.1, 0.15) is 5.75 Å². The molecule has 2 N–H and O–H groups in total. The van der Waals surface area contributed by atoms with Crippen LogP contribution in [0.4, 0.5) is 18.9 Å². The molecule has 3 aromatic carbocycles. The van der Waals surface area contributed by atoms with Gasteiger partial charge >= 0.3 is 6.36 Å². The van der Waals surface area contributed by atoms with Gasteiger partial charge in [0.05, 0.1) is 22.3 Å². The predicted molar refractivity (Wildman–Crippen MR) is 137 cm³/mol. The highest BCUT2D eigenvalue weighted by Crippen LogP contribution is 2.29. The minimum Gasteiger partial charge on any atom is -0.406 e. The fraction of sp³-hybridized carbons (Fsp3) is 0.269. The molecule has 11 heteroatoms. The largest absolute Gasteiger partial charge is 0.573 e. The zero-order chi connectivity index (χ0) is 27.0. The molecule has 1 heterocycles. The van der Waals surface area contributed by atoms with E-state index < -0.39 is 22.4 Å². The Morgan fingerprint density at radius 1 is 1.03 bits per heavy atom. The molecule has 0 aliphatic heterocycles. The number of sulfonamides is 1. The first kappa shape index (κ1) is 26.5. The number of nitrogens with one attached hydrogen (secondary N) is 2. The van der Waals surface area contributed by atoms with E-state index in [4.69, 9.17) is 0 Å². The Bertz CT molecular complexity index is 1530. The van der Waals surface area contributed by atoms with E-state index in [1.807, 2.05) is 25.1 Å². The molecule has 0 aliphatic carbocycles. The van der Waals surface area contributed by atoms with Crippen molar-refractivity contribution in [2.24, 2.45) is 0 Å². The standard InChI is InChI=1S/C26H27F3N4O3S/c1-16-11-17(2)25(18(3)12-16)37(34,35)32-19(4)14-30-23-9-6-10-24-22(23)15-31-33(24)20-7-5-8-21(13-20)36-26(27,28)29/h5-13,15,19,30,32H,14H2,1-4H3. The van der Waals surface area contributed by atoms with Gasteiger partial charge in [-0.05, 0) is 63.1 Å². The highest BCUT2D eigenvalue weighted by Gasteiger charge is 2.31. The normalized spacial score (nSPS) is 13.1. The highest BCUT2D eigenvalue weighted by molar-refractivity contribution is 7.89. The Hall–Kier alpha value is -3.57. The lowest BCUT2D eigenvalue weighted by molar-refractivity contribution is -0.274. The zero-order valence-electron chi connectivity index (χ0n) is 20.7. The lowest BCUT2D eigenvalue weighted by Crippen LogP contribution is -2.38. The van der Waals surface area contributed by atoms with Crippen LogP contribution in [0, 0.1) is 20.8 Å². The van der Waals surface area contributed by atoms with Gasteiger partial charge in [0.25, 0.3) is 0 Å². The first-order valence-electron chi connectivity index (χ1n) is 11.5. The third-order valence-corrected chi connectivity index (χ3v) is 7.63. The van der Waals surface area contributed by atoms with Crippen molar-refractivity contribution in [2.45, 2.75) is 45.0 Å². The van der Waals surface area contributed by atoms with Crippen LogP contribution in [0.5, 0.6) is 5.75 Å². The van der Waals surface area contributed by atoms with E-state index in [-0.39, 0.29) is 10.6 Å². The van der Waals surface area contributed by atoms with Crippen molar-refractivity contribution < 1.29 is 26.3 Å². The molecule has 0 amide bonds. The van der Waals surface area contributed by atoms with Crippen LogP contribution in [0.25, 0.3) is 16.6 Å². The maximum absolute atomic E-state index is 13.1. The smallest absolute Gasteiger partial charge is 0.406 e. The van der Waals surface area contributed by atoms with Crippen LogP contribution in [-0.2, 0) is 10.0 Å². The lowest BCUT2D eigenvalue weighted by atomic mass is 10.1. The maximum Gasteiger partial charge on any atom is 0.573 e. The Morgan fingerprint density at radius 2 is 1.70 bits per heavy atom. The third-order valence-electron chi connectivity index (χ3n) is 5.74. The molecule has 1 atom stereocenters. The Morgan fingerprint density at radius 3 is 2.38 bits per heavy atom. The molecule has 7 nitrogen and oxygen atoms in total. The summed E-state index contributed by atoms with van der Waals surface area (Å²) in [5, 5.41) is 8.32. The number of hydrogen-bond acceptors (Lipinski definition) is 5.